The molecule has 9 nitrogen and oxygen atoms in total. The van der Waals surface area contributed by atoms with Crippen LogP contribution in [0.3, 0.4) is 0 Å². The molecule has 0 fully saturated rings. The van der Waals surface area contributed by atoms with Gasteiger partial charge >= 0.3 is 12.0 Å². The zero-order valence-corrected chi connectivity index (χ0v) is 12.0. The van der Waals surface area contributed by atoms with Crippen LogP contribution >= 0.6 is 0 Å². The van der Waals surface area contributed by atoms with Crippen molar-refractivity contribution in [2.24, 2.45) is 17.2 Å². The van der Waals surface area contributed by atoms with Crippen LogP contribution in [0.25, 0.3) is 0 Å². The van der Waals surface area contributed by atoms with E-state index in [1.807, 2.05) is 0 Å². The van der Waals surface area contributed by atoms with Gasteiger partial charge in [0, 0.05) is 0 Å². The smallest absolute Gasteiger partial charge is 0.326 e. The number of urea groups is 1. The van der Waals surface area contributed by atoms with Crippen molar-refractivity contribution in [3.05, 3.63) is 0 Å². The molecular weight excluding hydrogens is 278 g/mol. The number of hydrogen-bond acceptors (Lipinski definition) is 5. The maximum absolute atomic E-state index is 12.0. The number of carboxylic acids is 1. The molecule has 0 bridgehead atoms. The minimum absolute atomic E-state index is 0.276. The van der Waals surface area contributed by atoms with Crippen LogP contribution in [-0.2, 0) is 9.59 Å². The lowest BCUT2D eigenvalue weighted by molar-refractivity contribution is -0.142. The van der Waals surface area contributed by atoms with Crippen LogP contribution in [-0.4, -0.2) is 48.2 Å². The topological polar surface area (TPSA) is 174 Å². The molecular formula is C12H25N5O4. The third-order valence-corrected chi connectivity index (χ3v) is 2.89. The highest BCUT2D eigenvalue weighted by molar-refractivity contribution is 5.89. The Morgan fingerprint density at radius 1 is 0.905 bits per heavy atom. The number of aliphatic carboxylic acids is 1. The Bertz CT molecular complexity index is 351. The van der Waals surface area contributed by atoms with Crippen LogP contribution in [0.5, 0.6) is 0 Å². The summed E-state index contributed by atoms with van der Waals surface area (Å²) in [6.07, 6.45) is 2.34. The molecule has 0 spiro atoms. The maximum atomic E-state index is 12.0. The zero-order chi connectivity index (χ0) is 16.3. The van der Waals surface area contributed by atoms with Gasteiger partial charge in [-0.25, -0.2) is 9.59 Å². The lowest BCUT2D eigenvalue weighted by Crippen LogP contribution is -2.52. The molecule has 9 N–H and O–H groups in total. The summed E-state index contributed by atoms with van der Waals surface area (Å²) in [4.78, 5) is 34.0. The van der Waals surface area contributed by atoms with Crippen molar-refractivity contribution in [2.45, 2.75) is 44.2 Å². The van der Waals surface area contributed by atoms with E-state index in [-0.39, 0.29) is 6.42 Å². The van der Waals surface area contributed by atoms with Gasteiger partial charge in [-0.2, -0.15) is 0 Å². The Kier molecular flexibility index (Phi) is 9.90. The maximum Gasteiger partial charge on any atom is 0.326 e. The fraction of sp³-hybridized carbons (Fsp3) is 0.750. The molecule has 21 heavy (non-hydrogen) atoms. The minimum atomic E-state index is -1.13. The van der Waals surface area contributed by atoms with Gasteiger partial charge in [0.2, 0.25) is 5.91 Å². The molecule has 3 amide bonds. The number of rotatable bonds is 11. The van der Waals surface area contributed by atoms with E-state index >= 15 is 0 Å². The van der Waals surface area contributed by atoms with Crippen molar-refractivity contribution in [1.29, 1.82) is 0 Å². The number of amides is 3. The first-order chi connectivity index (χ1) is 9.92. The molecule has 0 saturated carbocycles. The molecule has 0 aliphatic carbocycles. The normalized spacial score (nSPS) is 13.2. The Balaban J connectivity index is 4.57. The number of unbranched alkanes of at least 4 members (excludes halogenated alkanes) is 1. The molecule has 0 aliphatic heterocycles. The Hall–Kier alpha value is -1.87. The molecule has 9 heteroatoms. The third-order valence-electron chi connectivity index (χ3n) is 2.89. The summed E-state index contributed by atoms with van der Waals surface area (Å²) < 4.78 is 0. The molecule has 0 aromatic carbocycles. The summed E-state index contributed by atoms with van der Waals surface area (Å²) in [5, 5.41) is 13.8. The molecule has 2 atom stereocenters. The standard InChI is InChI=1S/C12H25N5O4/c13-6-2-1-4-9(11(19)20)16-10(18)8(5-3-7-14)17-12(15)21/h8-9H,1-7,13-14H2,(H,16,18)(H,19,20)(H3,15,17,21)/t8-,9+/m1/s1. The highest BCUT2D eigenvalue weighted by Crippen LogP contribution is 2.03. The second kappa shape index (κ2) is 10.9. The molecule has 0 aliphatic rings. The average molecular weight is 303 g/mol. The minimum Gasteiger partial charge on any atom is -0.480 e. The summed E-state index contributed by atoms with van der Waals surface area (Å²) in [6, 6.07) is -2.75. The van der Waals surface area contributed by atoms with Crippen molar-refractivity contribution < 1.29 is 19.5 Å². The Morgan fingerprint density at radius 2 is 1.48 bits per heavy atom. The van der Waals surface area contributed by atoms with Crippen LogP contribution in [0.2, 0.25) is 0 Å². The number of nitrogens with one attached hydrogen (secondary N) is 2. The first kappa shape index (κ1) is 19.1. The van der Waals surface area contributed by atoms with Crippen LogP contribution < -0.4 is 27.8 Å². The van der Waals surface area contributed by atoms with E-state index in [4.69, 9.17) is 22.3 Å². The highest BCUT2D eigenvalue weighted by atomic mass is 16.4. The fourth-order valence-electron chi connectivity index (χ4n) is 1.79. The second-order valence-electron chi connectivity index (χ2n) is 4.68. The van der Waals surface area contributed by atoms with Crippen molar-refractivity contribution in [3.8, 4) is 0 Å². The molecule has 0 aromatic rings. The summed E-state index contributed by atoms with van der Waals surface area (Å²) in [5.41, 5.74) is 15.7. The van der Waals surface area contributed by atoms with E-state index in [9.17, 15) is 14.4 Å². The lowest BCUT2D eigenvalue weighted by Gasteiger charge is -2.20. The molecule has 0 unspecified atom stereocenters. The Morgan fingerprint density at radius 3 is 1.95 bits per heavy atom. The second-order valence-corrected chi connectivity index (χ2v) is 4.68. The first-order valence-corrected chi connectivity index (χ1v) is 6.91. The molecule has 0 saturated heterocycles. The number of carboxylic acid groups (broad SMARTS) is 1. The van der Waals surface area contributed by atoms with E-state index < -0.39 is 30.0 Å². The fourth-order valence-corrected chi connectivity index (χ4v) is 1.79. The van der Waals surface area contributed by atoms with Gasteiger partial charge in [0.25, 0.3) is 0 Å². The molecule has 0 radical (unpaired) electrons. The zero-order valence-electron chi connectivity index (χ0n) is 12.0. The SMILES string of the molecule is NCCCC[C@H](NC(=O)[C@@H](CCCN)NC(N)=O)C(=O)O. The van der Waals surface area contributed by atoms with Crippen LogP contribution in [0.4, 0.5) is 4.79 Å². The summed E-state index contributed by atoms with van der Waals surface area (Å²) >= 11 is 0. The van der Waals surface area contributed by atoms with E-state index in [0.717, 1.165) is 0 Å². The highest BCUT2D eigenvalue weighted by Gasteiger charge is 2.25. The number of carbonyl (C=O) groups is 3. The van der Waals surface area contributed by atoms with Gasteiger partial charge in [0.05, 0.1) is 0 Å². The van der Waals surface area contributed by atoms with E-state index in [0.29, 0.717) is 38.8 Å². The van der Waals surface area contributed by atoms with E-state index in [2.05, 4.69) is 10.6 Å². The van der Waals surface area contributed by atoms with Crippen LogP contribution in [0.15, 0.2) is 0 Å². The monoisotopic (exact) mass is 303 g/mol. The van der Waals surface area contributed by atoms with E-state index in [1.54, 1.807) is 0 Å². The first-order valence-electron chi connectivity index (χ1n) is 6.91. The predicted molar refractivity (Wildman–Crippen MR) is 77.3 cm³/mol. The van der Waals surface area contributed by atoms with Crippen LogP contribution in [0, 0.1) is 0 Å². The van der Waals surface area contributed by atoms with Crippen molar-refractivity contribution in [2.75, 3.05) is 13.1 Å². The number of nitrogens with two attached hydrogens (primary N) is 3. The van der Waals surface area contributed by atoms with Gasteiger partial charge < -0.3 is 32.9 Å². The molecule has 0 rings (SSSR count). The van der Waals surface area contributed by atoms with E-state index in [1.165, 1.54) is 0 Å². The largest absolute Gasteiger partial charge is 0.480 e. The van der Waals surface area contributed by atoms with Gasteiger partial charge in [-0.15, -0.1) is 0 Å². The van der Waals surface area contributed by atoms with Crippen molar-refractivity contribution >= 4 is 17.9 Å². The third kappa shape index (κ3) is 8.82. The number of hydrogen-bond donors (Lipinski definition) is 6. The molecule has 0 heterocycles. The lowest BCUT2D eigenvalue weighted by atomic mass is 10.1. The average Bonchev–Trinajstić information content (AvgIpc) is 2.41. The van der Waals surface area contributed by atoms with Gasteiger partial charge in [-0.1, -0.05) is 0 Å². The molecule has 122 valence electrons. The van der Waals surface area contributed by atoms with Gasteiger partial charge in [-0.3, -0.25) is 4.79 Å². The van der Waals surface area contributed by atoms with Gasteiger partial charge in [0.15, 0.2) is 0 Å². The van der Waals surface area contributed by atoms with Crippen molar-refractivity contribution in [1.82, 2.24) is 10.6 Å². The Labute approximate surface area is 123 Å². The molecule has 0 aromatic heterocycles. The summed E-state index contributed by atoms with van der Waals surface area (Å²) in [7, 11) is 0. The number of carbonyl (C=O) groups excluding carboxylic acids is 2. The van der Waals surface area contributed by atoms with Gasteiger partial charge in [0.1, 0.15) is 12.1 Å². The number of primary amides is 1. The summed E-state index contributed by atoms with van der Waals surface area (Å²) in [6.45, 7) is 0.811. The predicted octanol–water partition coefficient (Wildman–Crippen LogP) is -1.54. The van der Waals surface area contributed by atoms with Gasteiger partial charge in [-0.05, 0) is 45.2 Å². The van der Waals surface area contributed by atoms with Crippen LogP contribution in [0.1, 0.15) is 32.1 Å². The summed E-state index contributed by atoms with van der Waals surface area (Å²) in [5.74, 6) is -1.71. The quantitative estimate of drug-likeness (QED) is 0.252. The van der Waals surface area contributed by atoms with Crippen molar-refractivity contribution in [3.63, 3.8) is 0 Å².